The maximum absolute atomic E-state index is 11.4. The van der Waals surface area contributed by atoms with Gasteiger partial charge in [-0.05, 0) is 11.3 Å². The molecule has 0 atom stereocenters. The third-order valence-electron chi connectivity index (χ3n) is 3.22. The highest BCUT2D eigenvalue weighted by atomic mass is 32.2. The first kappa shape index (κ1) is 16.7. The van der Waals surface area contributed by atoms with Crippen LogP contribution in [0.1, 0.15) is 11.1 Å². The van der Waals surface area contributed by atoms with Crippen LogP contribution in [0.5, 0.6) is 5.75 Å². The van der Waals surface area contributed by atoms with E-state index in [9.17, 15) is 15.2 Å². The monoisotopic (exact) mass is 354 g/mol. The zero-order valence-corrected chi connectivity index (χ0v) is 13.7. The van der Waals surface area contributed by atoms with E-state index in [0.29, 0.717) is 16.5 Å². The van der Waals surface area contributed by atoms with E-state index in [1.54, 1.807) is 0 Å². The molecule has 0 N–H and O–H groups in total. The summed E-state index contributed by atoms with van der Waals surface area (Å²) in [6.07, 6.45) is 2.86. The van der Waals surface area contributed by atoms with Crippen LogP contribution in [0.25, 0.3) is 0 Å². The molecule has 0 spiro atoms. The number of nitro benzene ring substituents is 1. The Hall–Kier alpha value is -3.20. The molecule has 0 aliphatic heterocycles. The van der Waals surface area contributed by atoms with Crippen LogP contribution >= 0.6 is 11.8 Å². The highest BCUT2D eigenvalue weighted by Gasteiger charge is 2.08. The Morgan fingerprint density at radius 3 is 2.80 bits per heavy atom. The summed E-state index contributed by atoms with van der Waals surface area (Å²) in [5.74, 6) is 0.0799. The quantitative estimate of drug-likeness (QED) is 0.291. The van der Waals surface area contributed by atoms with E-state index in [0.717, 1.165) is 11.6 Å². The summed E-state index contributed by atoms with van der Waals surface area (Å²) in [6, 6.07) is 13.7. The normalized spacial score (nSPS) is 11.0. The minimum absolute atomic E-state index is 0.444. The van der Waals surface area contributed by atoms with Crippen molar-refractivity contribution >= 4 is 23.7 Å². The van der Waals surface area contributed by atoms with Crippen molar-refractivity contribution in [2.45, 2.75) is 10.9 Å². The van der Waals surface area contributed by atoms with Crippen LogP contribution in [0.2, 0.25) is 0 Å². The molecule has 0 fully saturated rings. The second-order valence-corrected chi connectivity index (χ2v) is 5.90. The number of aromatic nitrogens is 3. The molecule has 1 aromatic heterocycles. The molecule has 25 heavy (non-hydrogen) atoms. The molecule has 0 amide bonds. The molecule has 8 nitrogen and oxygen atoms in total. The average molecular weight is 354 g/mol. The third-order valence-corrected chi connectivity index (χ3v) is 4.23. The Morgan fingerprint density at radius 1 is 1.24 bits per heavy atom. The van der Waals surface area contributed by atoms with Crippen LogP contribution in [-0.2, 0) is 5.75 Å². The number of hydrogen-bond donors (Lipinski definition) is 0. The minimum Gasteiger partial charge on any atom is -0.868 e. The van der Waals surface area contributed by atoms with Crippen LogP contribution in [0.15, 0.2) is 65.1 Å². The summed E-state index contributed by atoms with van der Waals surface area (Å²) in [7, 11) is 0. The number of nitro groups is 1. The molecular weight excluding hydrogens is 342 g/mol. The van der Waals surface area contributed by atoms with E-state index < -0.39 is 16.4 Å². The fourth-order valence-electron chi connectivity index (χ4n) is 2.00. The van der Waals surface area contributed by atoms with Crippen LogP contribution in [-0.4, -0.2) is 26.0 Å². The predicted molar refractivity (Wildman–Crippen MR) is 91.6 cm³/mol. The van der Waals surface area contributed by atoms with Gasteiger partial charge in [-0.2, -0.15) is 9.78 Å². The summed E-state index contributed by atoms with van der Waals surface area (Å²) >= 11 is 1.47. The van der Waals surface area contributed by atoms with E-state index in [4.69, 9.17) is 0 Å². The largest absolute Gasteiger partial charge is 0.868 e. The van der Waals surface area contributed by atoms with Crippen LogP contribution in [0.4, 0.5) is 5.69 Å². The molecule has 126 valence electrons. The average Bonchev–Trinajstić information content (AvgIpc) is 3.07. The Bertz CT molecular complexity index is 911. The summed E-state index contributed by atoms with van der Waals surface area (Å²) in [6.45, 7) is 0. The molecule has 0 unspecified atom stereocenters. The standard InChI is InChI=1S/C16H13N5O3S/c22-15-7-6-13(8-14(15)21(23)24)9-18-20-11-17-19-16(20)25-10-12-4-2-1-3-5-12/h1-9,11,22H,10H2/p-1/b18-9-. The number of nitrogens with zero attached hydrogens (tertiary/aromatic N) is 5. The maximum atomic E-state index is 11.4. The van der Waals surface area contributed by atoms with Gasteiger partial charge < -0.3 is 5.11 Å². The highest BCUT2D eigenvalue weighted by molar-refractivity contribution is 7.98. The number of benzene rings is 2. The molecule has 3 aromatic rings. The molecule has 0 aliphatic rings. The lowest BCUT2D eigenvalue weighted by Crippen LogP contribution is -1.99. The topological polar surface area (TPSA) is 109 Å². The zero-order valence-electron chi connectivity index (χ0n) is 12.8. The fourth-order valence-corrected chi connectivity index (χ4v) is 2.82. The first-order chi connectivity index (χ1) is 12.1. The Morgan fingerprint density at radius 2 is 2.04 bits per heavy atom. The van der Waals surface area contributed by atoms with Gasteiger partial charge in [0.1, 0.15) is 6.33 Å². The molecule has 0 saturated heterocycles. The van der Waals surface area contributed by atoms with Crippen molar-refractivity contribution in [3.63, 3.8) is 0 Å². The van der Waals surface area contributed by atoms with Gasteiger partial charge in [0.05, 0.1) is 11.1 Å². The summed E-state index contributed by atoms with van der Waals surface area (Å²) in [5.41, 5.74) is 1.11. The van der Waals surface area contributed by atoms with Gasteiger partial charge in [-0.3, -0.25) is 10.1 Å². The van der Waals surface area contributed by atoms with Crippen molar-refractivity contribution in [2.75, 3.05) is 0 Å². The Labute approximate surface area is 147 Å². The van der Waals surface area contributed by atoms with E-state index in [2.05, 4.69) is 15.3 Å². The van der Waals surface area contributed by atoms with Gasteiger partial charge in [0.15, 0.2) is 0 Å². The summed E-state index contributed by atoms with van der Waals surface area (Å²) < 4.78 is 1.48. The highest BCUT2D eigenvalue weighted by Crippen LogP contribution is 2.23. The van der Waals surface area contributed by atoms with E-state index in [1.807, 2.05) is 30.3 Å². The molecule has 3 rings (SSSR count). The lowest BCUT2D eigenvalue weighted by atomic mass is 10.2. The van der Waals surface area contributed by atoms with Crippen molar-refractivity contribution < 1.29 is 10.0 Å². The lowest BCUT2D eigenvalue weighted by molar-refractivity contribution is -0.398. The Kier molecular flexibility index (Phi) is 5.05. The summed E-state index contributed by atoms with van der Waals surface area (Å²) in [4.78, 5) is 10.1. The van der Waals surface area contributed by atoms with Crippen molar-refractivity contribution in [2.24, 2.45) is 5.10 Å². The van der Waals surface area contributed by atoms with Gasteiger partial charge in [-0.1, -0.05) is 54.2 Å². The molecular formula is C16H12N5O3S-. The predicted octanol–water partition coefficient (Wildman–Crippen LogP) is 2.43. The Balaban J connectivity index is 1.73. The third kappa shape index (κ3) is 4.21. The first-order valence-corrected chi connectivity index (χ1v) is 8.18. The number of thioether (sulfide) groups is 1. The van der Waals surface area contributed by atoms with Gasteiger partial charge in [-0.25, -0.2) is 0 Å². The van der Waals surface area contributed by atoms with E-state index in [1.165, 1.54) is 41.1 Å². The summed E-state index contributed by atoms with van der Waals surface area (Å²) in [5, 5.41) is 34.8. The van der Waals surface area contributed by atoms with E-state index >= 15 is 0 Å². The zero-order chi connectivity index (χ0) is 17.6. The molecule has 2 aromatic carbocycles. The van der Waals surface area contributed by atoms with Gasteiger partial charge in [0.25, 0.3) is 5.69 Å². The van der Waals surface area contributed by atoms with Crippen molar-refractivity contribution in [3.05, 3.63) is 76.1 Å². The molecule has 0 saturated carbocycles. The molecule has 0 bridgehead atoms. The van der Waals surface area contributed by atoms with Gasteiger partial charge in [0, 0.05) is 17.4 Å². The minimum atomic E-state index is -0.709. The van der Waals surface area contributed by atoms with Crippen LogP contribution < -0.4 is 5.11 Å². The van der Waals surface area contributed by atoms with Gasteiger partial charge in [0.2, 0.25) is 5.16 Å². The first-order valence-electron chi connectivity index (χ1n) is 7.20. The van der Waals surface area contributed by atoms with Crippen LogP contribution in [0, 0.1) is 10.1 Å². The van der Waals surface area contributed by atoms with Crippen LogP contribution in [0.3, 0.4) is 0 Å². The van der Waals surface area contributed by atoms with Crippen molar-refractivity contribution in [1.29, 1.82) is 0 Å². The van der Waals surface area contributed by atoms with Gasteiger partial charge >= 0.3 is 0 Å². The number of rotatable bonds is 6. The molecule has 0 radical (unpaired) electrons. The van der Waals surface area contributed by atoms with Crippen molar-refractivity contribution in [3.8, 4) is 5.75 Å². The molecule has 0 aliphatic carbocycles. The van der Waals surface area contributed by atoms with Gasteiger partial charge in [-0.15, -0.1) is 10.2 Å². The lowest BCUT2D eigenvalue weighted by Gasteiger charge is -2.06. The number of hydrogen-bond acceptors (Lipinski definition) is 7. The smallest absolute Gasteiger partial charge is 0.262 e. The molecule has 9 heteroatoms. The second-order valence-electron chi connectivity index (χ2n) is 4.96. The van der Waals surface area contributed by atoms with E-state index in [-0.39, 0.29) is 0 Å². The van der Waals surface area contributed by atoms with Crippen molar-refractivity contribution in [1.82, 2.24) is 14.9 Å². The molecule has 1 heterocycles. The maximum Gasteiger partial charge on any atom is 0.262 e. The fraction of sp³-hybridized carbons (Fsp3) is 0.0625. The second kappa shape index (κ2) is 7.58. The SMILES string of the molecule is O=[N+]([O-])c1cc(/C=N\n2cnnc2SCc2ccccc2)ccc1[O-].